The lowest BCUT2D eigenvalue weighted by Gasteiger charge is -2.36. The molecule has 0 aliphatic carbocycles. The van der Waals surface area contributed by atoms with Crippen molar-refractivity contribution in [1.29, 1.82) is 0 Å². The van der Waals surface area contributed by atoms with Crippen molar-refractivity contribution in [1.82, 2.24) is 41.3 Å². The molecule has 19 nitrogen and oxygen atoms in total. The number of carbonyl (C=O) groups excluding carboxylic acids is 9. The molecule has 19 heteroatoms. The Morgan fingerprint density at radius 3 is 1.79 bits per heavy atom. The third-order valence-corrected chi connectivity index (χ3v) is 13.3. The quantitative estimate of drug-likeness (QED) is 0.188. The van der Waals surface area contributed by atoms with Crippen LogP contribution in [0.25, 0.3) is 0 Å². The Kier molecular flexibility index (Phi) is 19.5. The Labute approximate surface area is 416 Å². The molecule has 3 fully saturated rings. The fourth-order valence-electron chi connectivity index (χ4n) is 9.56. The monoisotopic (exact) mass is 987 g/mol. The summed E-state index contributed by atoms with van der Waals surface area (Å²) in [5.74, 6) is -6.75. The average molecular weight is 987 g/mol. The van der Waals surface area contributed by atoms with Gasteiger partial charge in [-0.25, -0.2) is 4.79 Å². The number of hydrogen-bond donors (Lipinski definition) is 6. The number of rotatable bonds is 10. The van der Waals surface area contributed by atoms with Crippen molar-refractivity contribution >= 4 is 53.2 Å². The summed E-state index contributed by atoms with van der Waals surface area (Å²) in [4.78, 5) is 133. The first-order valence-corrected chi connectivity index (χ1v) is 24.9. The number of amides is 8. The van der Waals surface area contributed by atoms with Crippen LogP contribution < -0.4 is 26.6 Å². The molecule has 3 heterocycles. The van der Waals surface area contributed by atoms with Crippen LogP contribution in [0.5, 0.6) is 5.75 Å². The minimum atomic E-state index is -1.52. The number of esters is 1. The van der Waals surface area contributed by atoms with E-state index < -0.39 is 114 Å². The number of phenols is 1. The summed E-state index contributed by atoms with van der Waals surface area (Å²) < 4.78 is 5.91. The minimum Gasteiger partial charge on any atom is -0.508 e. The Bertz CT molecular complexity index is 2240. The van der Waals surface area contributed by atoms with E-state index in [0.717, 1.165) is 0 Å². The number of likely N-dealkylation sites (N-methyl/N-ethyl adjacent to an activating group) is 1. The second-order valence-electron chi connectivity index (χ2n) is 20.4. The first kappa shape index (κ1) is 55.4. The summed E-state index contributed by atoms with van der Waals surface area (Å²) in [6.07, 6.45) is 0.239. The van der Waals surface area contributed by atoms with Gasteiger partial charge < -0.3 is 51.1 Å². The molecule has 0 spiro atoms. The first-order valence-electron chi connectivity index (χ1n) is 24.9. The number of nitrogens with zero attached hydrogens (tertiary/aromatic N) is 3. The van der Waals surface area contributed by atoms with Gasteiger partial charge in [0.25, 0.3) is 0 Å². The Hall–Kier alpha value is -6.53. The van der Waals surface area contributed by atoms with Crippen LogP contribution in [0.4, 0.5) is 0 Å². The normalized spacial score (nSPS) is 27.0. The van der Waals surface area contributed by atoms with Crippen molar-refractivity contribution in [3.05, 3.63) is 65.7 Å². The number of cyclic esters (lactones) is 1. The van der Waals surface area contributed by atoms with E-state index in [9.17, 15) is 48.3 Å². The van der Waals surface area contributed by atoms with Crippen molar-refractivity contribution in [3.63, 3.8) is 0 Å². The van der Waals surface area contributed by atoms with Gasteiger partial charge in [-0.3, -0.25) is 38.4 Å². The summed E-state index contributed by atoms with van der Waals surface area (Å²) in [6, 6.07) is 5.30. The molecular formula is C52H74N8O11. The van der Waals surface area contributed by atoms with Gasteiger partial charge in [0.15, 0.2) is 0 Å². The minimum absolute atomic E-state index is 0.0111. The van der Waals surface area contributed by atoms with Gasteiger partial charge in [-0.1, -0.05) is 84.0 Å². The zero-order chi connectivity index (χ0) is 52.3. The fraction of sp³-hybridized carbons (Fsp3) is 0.596. The molecule has 2 aromatic carbocycles. The van der Waals surface area contributed by atoms with Gasteiger partial charge in [0, 0.05) is 39.9 Å². The van der Waals surface area contributed by atoms with E-state index in [0.29, 0.717) is 24.0 Å². The molecule has 8 amide bonds. The topological polar surface area (TPSA) is 253 Å². The number of hydrogen-bond acceptors (Lipinski definition) is 11. The second kappa shape index (κ2) is 25.0. The fourth-order valence-corrected chi connectivity index (χ4v) is 9.56. The van der Waals surface area contributed by atoms with Gasteiger partial charge in [-0.2, -0.15) is 0 Å². The zero-order valence-electron chi connectivity index (χ0n) is 42.6. The molecule has 0 bridgehead atoms. The number of fused-ring (bicyclic) bond motifs is 2. The van der Waals surface area contributed by atoms with Crippen LogP contribution in [0, 0.1) is 17.8 Å². The number of phenolic OH excluding ortho intramolecular Hbond substituents is 1. The highest BCUT2D eigenvalue weighted by Gasteiger charge is 2.45. The molecule has 0 saturated carbocycles. The Morgan fingerprint density at radius 2 is 1.20 bits per heavy atom. The zero-order valence-corrected chi connectivity index (χ0v) is 42.6. The molecule has 6 N–H and O–H groups in total. The third kappa shape index (κ3) is 14.8. The van der Waals surface area contributed by atoms with Crippen molar-refractivity contribution in [2.75, 3.05) is 20.1 Å². The van der Waals surface area contributed by atoms with E-state index in [-0.39, 0.29) is 69.2 Å². The predicted molar refractivity (Wildman–Crippen MR) is 263 cm³/mol. The summed E-state index contributed by atoms with van der Waals surface area (Å²) in [7, 11) is 1.46. The molecular weight excluding hydrogens is 913 g/mol. The van der Waals surface area contributed by atoms with E-state index in [2.05, 4.69) is 26.6 Å². The smallest absolute Gasteiger partial charge is 0.329 e. The highest BCUT2D eigenvalue weighted by molar-refractivity contribution is 5.98. The number of aromatic hydroxyl groups is 1. The standard InChI is InChI=1S/C52H74N8O11/c1-29(2)25-37-46(64)57-43(31(5)6)51(69)59-23-13-17-40(59)47(65)56-39(26-30(3)4)49(67)58(9)42(28-35-19-21-36(62)22-20-35)50(68)60-24-14-18-41(60)52(70)71-32(7)44(53-33(8)61)48(66)55-38(45(63)54-37)27-34-15-11-10-12-16-34/h10-12,15-16,19-22,29-32,37-44,62H,13-14,17-18,23-28H2,1-9H3,(H,53,61)(H,54,63)(H,55,66)(H,56,65)(H,57,64)/t32-,37?,38+,39?,40+,41-,42+,43+,44?/m0/s1. The predicted octanol–water partition coefficient (Wildman–Crippen LogP) is 2.12. The molecule has 71 heavy (non-hydrogen) atoms. The molecule has 0 aromatic heterocycles. The van der Waals surface area contributed by atoms with Crippen LogP contribution in [0.15, 0.2) is 54.6 Å². The number of nitrogens with one attached hydrogen (secondary N) is 5. The van der Waals surface area contributed by atoms with Crippen LogP contribution in [0.2, 0.25) is 0 Å². The van der Waals surface area contributed by atoms with Crippen molar-refractivity contribution in [2.24, 2.45) is 17.8 Å². The van der Waals surface area contributed by atoms with Gasteiger partial charge in [0.1, 0.15) is 60.2 Å². The number of benzene rings is 2. The SMILES string of the molecule is CC(=O)NC1C(=O)N[C@H](Cc2ccccc2)C(=O)NC(CC(C)C)C(=O)N[C@H](C(C)C)C(=O)N2CCC[C@@H]2C(=O)NC(CC(C)C)C(=O)N(C)[C@H](Cc2ccc(O)cc2)C(=O)N2CCC[C@H]2C(=O)O[C@H]1C. The molecule has 0 radical (unpaired) electrons. The van der Waals surface area contributed by atoms with Crippen molar-refractivity contribution in [2.45, 2.75) is 161 Å². The second-order valence-corrected chi connectivity index (χ2v) is 20.4. The molecule has 3 aliphatic heterocycles. The van der Waals surface area contributed by atoms with E-state index in [1.165, 1.54) is 47.7 Å². The third-order valence-electron chi connectivity index (χ3n) is 13.3. The molecule has 388 valence electrons. The maximum Gasteiger partial charge on any atom is 0.329 e. The Morgan fingerprint density at radius 1 is 0.662 bits per heavy atom. The summed E-state index contributed by atoms with van der Waals surface area (Å²) in [6.45, 7) is 13.9. The maximum absolute atomic E-state index is 14.9. The van der Waals surface area contributed by atoms with Crippen LogP contribution >= 0.6 is 0 Å². The average Bonchev–Trinajstić information content (AvgIpc) is 4.02. The molecule has 9 atom stereocenters. The number of ether oxygens (including phenoxy) is 1. The lowest BCUT2D eigenvalue weighted by Crippen LogP contribution is -2.61. The van der Waals surface area contributed by atoms with Crippen molar-refractivity contribution < 1.29 is 53.0 Å². The summed E-state index contributed by atoms with van der Waals surface area (Å²) in [5.41, 5.74) is 1.25. The van der Waals surface area contributed by atoms with Crippen LogP contribution in [0.1, 0.15) is 105 Å². The summed E-state index contributed by atoms with van der Waals surface area (Å²) >= 11 is 0. The van der Waals surface area contributed by atoms with Crippen LogP contribution in [-0.2, 0) is 60.7 Å². The maximum atomic E-state index is 14.9. The lowest BCUT2D eigenvalue weighted by molar-refractivity contribution is -0.161. The molecule has 2 aromatic rings. The van der Waals surface area contributed by atoms with Gasteiger partial charge in [0.2, 0.25) is 47.3 Å². The van der Waals surface area contributed by atoms with Gasteiger partial charge >= 0.3 is 5.97 Å². The van der Waals surface area contributed by atoms with Gasteiger partial charge in [-0.05, 0) is 86.5 Å². The first-order chi connectivity index (χ1) is 33.6. The molecule has 5 rings (SSSR count). The van der Waals surface area contributed by atoms with E-state index in [1.807, 2.05) is 27.7 Å². The van der Waals surface area contributed by atoms with Gasteiger partial charge in [-0.15, -0.1) is 0 Å². The molecule has 3 aliphatic rings. The van der Waals surface area contributed by atoms with Crippen LogP contribution in [-0.4, -0.2) is 148 Å². The van der Waals surface area contributed by atoms with E-state index in [1.54, 1.807) is 56.3 Å². The van der Waals surface area contributed by atoms with Crippen molar-refractivity contribution in [3.8, 4) is 5.75 Å². The van der Waals surface area contributed by atoms with E-state index in [4.69, 9.17) is 4.74 Å². The number of carbonyl (C=O) groups is 9. The Balaban J connectivity index is 1.60. The highest BCUT2D eigenvalue weighted by atomic mass is 16.5. The lowest BCUT2D eigenvalue weighted by atomic mass is 9.98. The van der Waals surface area contributed by atoms with E-state index >= 15 is 0 Å². The molecule has 3 unspecified atom stereocenters. The largest absolute Gasteiger partial charge is 0.508 e. The molecule has 3 saturated heterocycles. The van der Waals surface area contributed by atoms with Gasteiger partial charge in [0.05, 0.1) is 0 Å². The van der Waals surface area contributed by atoms with Crippen LogP contribution in [0.3, 0.4) is 0 Å². The highest BCUT2D eigenvalue weighted by Crippen LogP contribution is 2.26. The summed E-state index contributed by atoms with van der Waals surface area (Å²) in [5, 5.41) is 23.9.